The Bertz CT molecular complexity index is 377. The first-order valence-electron chi connectivity index (χ1n) is 4.94. The molecule has 0 aliphatic heterocycles. The Hall–Kier alpha value is -1.91. The molecule has 5 heteroatoms. The molecule has 0 aliphatic rings. The minimum absolute atomic E-state index is 0.157. The van der Waals surface area contributed by atoms with Crippen molar-refractivity contribution < 1.29 is 14.3 Å². The van der Waals surface area contributed by atoms with Crippen molar-refractivity contribution in [2.24, 2.45) is 0 Å². The van der Waals surface area contributed by atoms with Gasteiger partial charge in [-0.15, -0.1) is 0 Å². The molecule has 0 fully saturated rings. The highest BCUT2D eigenvalue weighted by atomic mass is 16.6. The third-order valence-corrected chi connectivity index (χ3v) is 1.82. The first-order valence-corrected chi connectivity index (χ1v) is 4.94. The molecule has 88 valence electrons. The fraction of sp³-hybridized carbons (Fsp3) is 0.364. The van der Waals surface area contributed by atoms with Crippen LogP contribution in [0.4, 0.5) is 16.2 Å². The van der Waals surface area contributed by atoms with Crippen molar-refractivity contribution in [1.82, 2.24) is 0 Å². The summed E-state index contributed by atoms with van der Waals surface area (Å²) in [4.78, 5) is 11.3. The molecule has 0 aromatic heterocycles. The van der Waals surface area contributed by atoms with Gasteiger partial charge in [-0.1, -0.05) is 0 Å². The Kier molecular flexibility index (Phi) is 3.99. The maximum atomic E-state index is 11.3. The Labute approximate surface area is 94.5 Å². The maximum absolute atomic E-state index is 11.3. The number of anilines is 2. The van der Waals surface area contributed by atoms with Crippen LogP contribution in [0.1, 0.15) is 13.8 Å². The van der Waals surface area contributed by atoms with Crippen LogP contribution in [0.3, 0.4) is 0 Å². The van der Waals surface area contributed by atoms with Crippen LogP contribution >= 0.6 is 0 Å². The molecular formula is C11H16N2O3. The van der Waals surface area contributed by atoms with Gasteiger partial charge in [-0.3, -0.25) is 5.32 Å². The minimum atomic E-state index is -0.500. The van der Waals surface area contributed by atoms with Crippen LogP contribution in [0.2, 0.25) is 0 Å². The highest BCUT2D eigenvalue weighted by Crippen LogP contribution is 2.24. The van der Waals surface area contributed by atoms with Gasteiger partial charge in [0.05, 0.1) is 18.9 Å². The number of nitrogens with two attached hydrogens (primary N) is 1. The van der Waals surface area contributed by atoms with Crippen molar-refractivity contribution in [2.75, 3.05) is 18.2 Å². The molecule has 0 spiro atoms. The molecule has 5 nitrogen and oxygen atoms in total. The summed E-state index contributed by atoms with van der Waals surface area (Å²) in [6.07, 6.45) is -0.657. The molecule has 0 heterocycles. The summed E-state index contributed by atoms with van der Waals surface area (Å²) in [6, 6.07) is 4.98. The van der Waals surface area contributed by atoms with Crippen LogP contribution in [0.5, 0.6) is 5.75 Å². The van der Waals surface area contributed by atoms with E-state index in [2.05, 4.69) is 5.32 Å². The van der Waals surface area contributed by atoms with E-state index in [4.69, 9.17) is 15.2 Å². The fourth-order valence-corrected chi connectivity index (χ4v) is 1.17. The lowest BCUT2D eigenvalue weighted by Gasteiger charge is -2.11. The molecule has 0 saturated carbocycles. The summed E-state index contributed by atoms with van der Waals surface area (Å²) in [5.41, 5.74) is 6.73. The zero-order valence-electron chi connectivity index (χ0n) is 9.61. The maximum Gasteiger partial charge on any atom is 0.411 e. The standard InChI is InChI=1S/C11H16N2O3/c1-7(2)16-11(14)13-8-4-5-10(15-3)9(12)6-8/h4-7H,12H2,1-3H3,(H,13,14). The summed E-state index contributed by atoms with van der Waals surface area (Å²) in [7, 11) is 1.53. The summed E-state index contributed by atoms with van der Waals surface area (Å²) in [6.45, 7) is 3.56. The first kappa shape index (κ1) is 12.2. The van der Waals surface area contributed by atoms with Gasteiger partial charge in [0.2, 0.25) is 0 Å². The third-order valence-electron chi connectivity index (χ3n) is 1.82. The second-order valence-electron chi connectivity index (χ2n) is 3.54. The highest BCUT2D eigenvalue weighted by Gasteiger charge is 2.07. The summed E-state index contributed by atoms with van der Waals surface area (Å²) < 4.78 is 9.93. The van der Waals surface area contributed by atoms with Gasteiger partial charge in [-0.25, -0.2) is 4.79 Å². The molecule has 1 aromatic carbocycles. The van der Waals surface area contributed by atoms with Gasteiger partial charge in [-0.2, -0.15) is 0 Å². The van der Waals surface area contributed by atoms with Gasteiger partial charge in [0.1, 0.15) is 5.75 Å². The van der Waals surface area contributed by atoms with Crippen molar-refractivity contribution in [2.45, 2.75) is 20.0 Å². The van der Waals surface area contributed by atoms with Gasteiger partial charge in [0, 0.05) is 5.69 Å². The van der Waals surface area contributed by atoms with Crippen molar-refractivity contribution in [3.8, 4) is 5.75 Å². The normalized spacial score (nSPS) is 10.0. The van der Waals surface area contributed by atoms with Crippen molar-refractivity contribution >= 4 is 17.5 Å². The predicted octanol–water partition coefficient (Wildman–Crippen LogP) is 2.23. The smallest absolute Gasteiger partial charge is 0.411 e. The van der Waals surface area contributed by atoms with Crippen molar-refractivity contribution in [3.63, 3.8) is 0 Å². The molecule has 0 aliphatic carbocycles. The lowest BCUT2D eigenvalue weighted by Crippen LogP contribution is -2.18. The van der Waals surface area contributed by atoms with E-state index in [0.717, 1.165) is 0 Å². The molecule has 1 rings (SSSR count). The second kappa shape index (κ2) is 5.25. The van der Waals surface area contributed by atoms with E-state index >= 15 is 0 Å². The lowest BCUT2D eigenvalue weighted by atomic mass is 10.2. The van der Waals surface area contributed by atoms with E-state index in [0.29, 0.717) is 17.1 Å². The zero-order valence-corrected chi connectivity index (χ0v) is 9.61. The number of amides is 1. The molecule has 0 unspecified atom stereocenters. The van der Waals surface area contributed by atoms with E-state index < -0.39 is 6.09 Å². The Morgan fingerprint density at radius 3 is 2.62 bits per heavy atom. The molecular weight excluding hydrogens is 208 g/mol. The van der Waals surface area contributed by atoms with Gasteiger partial charge in [-0.05, 0) is 32.0 Å². The number of rotatable bonds is 3. The summed E-state index contributed by atoms with van der Waals surface area (Å²) in [5.74, 6) is 0.572. The summed E-state index contributed by atoms with van der Waals surface area (Å²) >= 11 is 0. The number of nitrogens with one attached hydrogen (secondary N) is 1. The van der Waals surface area contributed by atoms with Crippen molar-refractivity contribution in [3.05, 3.63) is 18.2 Å². The van der Waals surface area contributed by atoms with E-state index in [-0.39, 0.29) is 6.10 Å². The Morgan fingerprint density at radius 1 is 1.44 bits per heavy atom. The van der Waals surface area contributed by atoms with Gasteiger partial charge in [0.25, 0.3) is 0 Å². The average molecular weight is 224 g/mol. The van der Waals surface area contributed by atoms with E-state index in [9.17, 15) is 4.79 Å². The van der Waals surface area contributed by atoms with Crippen LogP contribution < -0.4 is 15.8 Å². The number of ether oxygens (including phenoxy) is 2. The van der Waals surface area contributed by atoms with Gasteiger partial charge >= 0.3 is 6.09 Å². The lowest BCUT2D eigenvalue weighted by molar-refractivity contribution is 0.130. The van der Waals surface area contributed by atoms with Crippen LogP contribution in [-0.2, 0) is 4.74 Å². The number of hydrogen-bond donors (Lipinski definition) is 2. The number of benzene rings is 1. The van der Waals surface area contributed by atoms with E-state index in [1.165, 1.54) is 7.11 Å². The summed E-state index contributed by atoms with van der Waals surface area (Å²) in [5, 5.41) is 2.57. The quantitative estimate of drug-likeness (QED) is 0.772. The second-order valence-corrected chi connectivity index (χ2v) is 3.54. The minimum Gasteiger partial charge on any atom is -0.495 e. The number of nitrogen functional groups attached to an aromatic ring is 1. The number of carbonyl (C=O) groups excluding carboxylic acids is 1. The molecule has 1 amide bonds. The van der Waals surface area contributed by atoms with Crippen LogP contribution in [0, 0.1) is 0 Å². The van der Waals surface area contributed by atoms with E-state index in [1.807, 2.05) is 0 Å². The molecule has 0 saturated heterocycles. The fourth-order valence-electron chi connectivity index (χ4n) is 1.17. The number of carbonyl (C=O) groups is 1. The molecule has 0 atom stereocenters. The van der Waals surface area contributed by atoms with Crippen molar-refractivity contribution in [1.29, 1.82) is 0 Å². The number of methoxy groups -OCH3 is 1. The third kappa shape index (κ3) is 3.34. The number of hydrogen-bond acceptors (Lipinski definition) is 4. The highest BCUT2D eigenvalue weighted by molar-refractivity contribution is 5.85. The van der Waals surface area contributed by atoms with Gasteiger partial charge < -0.3 is 15.2 Å². The van der Waals surface area contributed by atoms with Crippen LogP contribution in [0.25, 0.3) is 0 Å². The molecule has 0 radical (unpaired) electrons. The van der Waals surface area contributed by atoms with Crippen LogP contribution in [0.15, 0.2) is 18.2 Å². The topological polar surface area (TPSA) is 73.6 Å². The Balaban J connectivity index is 2.68. The SMILES string of the molecule is COc1ccc(NC(=O)OC(C)C)cc1N. The average Bonchev–Trinajstić information content (AvgIpc) is 2.16. The molecule has 16 heavy (non-hydrogen) atoms. The van der Waals surface area contributed by atoms with E-state index in [1.54, 1.807) is 32.0 Å². The molecule has 1 aromatic rings. The van der Waals surface area contributed by atoms with Crippen LogP contribution in [-0.4, -0.2) is 19.3 Å². The zero-order chi connectivity index (χ0) is 12.1. The first-order chi connectivity index (χ1) is 7.52. The Morgan fingerprint density at radius 2 is 2.12 bits per heavy atom. The largest absolute Gasteiger partial charge is 0.495 e. The van der Waals surface area contributed by atoms with Gasteiger partial charge in [0.15, 0.2) is 0 Å². The molecule has 0 bridgehead atoms. The monoisotopic (exact) mass is 224 g/mol. The predicted molar refractivity (Wildman–Crippen MR) is 62.6 cm³/mol. The molecule has 3 N–H and O–H groups in total.